The first-order valence-corrected chi connectivity index (χ1v) is 6.98. The summed E-state index contributed by atoms with van der Waals surface area (Å²) >= 11 is 5.85. The highest BCUT2D eigenvalue weighted by Gasteiger charge is 2.30. The van der Waals surface area contributed by atoms with Crippen molar-refractivity contribution in [2.24, 2.45) is 0 Å². The molecule has 1 aliphatic rings. The third-order valence-corrected chi connectivity index (χ3v) is 3.91. The van der Waals surface area contributed by atoms with E-state index in [0.29, 0.717) is 25.9 Å². The van der Waals surface area contributed by atoms with E-state index in [-0.39, 0.29) is 16.3 Å². The Morgan fingerprint density at radius 2 is 1.95 bits per heavy atom. The second-order valence-corrected chi connectivity index (χ2v) is 5.79. The second kappa shape index (κ2) is 5.91. The summed E-state index contributed by atoms with van der Waals surface area (Å²) in [7, 11) is 0. The Balaban J connectivity index is 2.11. The Morgan fingerprint density at radius 3 is 2.52 bits per heavy atom. The maximum Gasteiger partial charge on any atom is 0.339 e. The number of likely N-dealkylation sites (tertiary alicyclic amines) is 1. The number of anilines is 1. The maximum atomic E-state index is 12.2. The molecule has 1 saturated heterocycles. The molecule has 0 atom stereocenters. The molecule has 0 spiro atoms. The predicted octanol–water partition coefficient (Wildman–Crippen LogP) is 2.42. The molecule has 1 fully saturated rings. The second-order valence-electron chi connectivity index (χ2n) is 5.38. The van der Waals surface area contributed by atoms with Crippen LogP contribution in [0.5, 0.6) is 0 Å². The highest BCUT2D eigenvalue weighted by molar-refractivity contribution is 6.34. The van der Waals surface area contributed by atoms with Crippen molar-refractivity contribution in [3.05, 3.63) is 28.8 Å². The number of hydrogen-bond acceptors (Lipinski definition) is 3. The summed E-state index contributed by atoms with van der Waals surface area (Å²) in [5.41, 5.74) is -0.715. The van der Waals surface area contributed by atoms with Crippen molar-refractivity contribution in [1.82, 2.24) is 4.90 Å². The van der Waals surface area contributed by atoms with Gasteiger partial charge in [0.15, 0.2) is 0 Å². The zero-order chi connectivity index (χ0) is 15.6. The Hall–Kier alpha value is -1.79. The lowest BCUT2D eigenvalue weighted by molar-refractivity contribution is 0.00570. The van der Waals surface area contributed by atoms with Crippen molar-refractivity contribution in [2.45, 2.75) is 25.4 Å². The van der Waals surface area contributed by atoms with E-state index in [0.717, 1.165) is 0 Å². The summed E-state index contributed by atoms with van der Waals surface area (Å²) < 4.78 is 0. The van der Waals surface area contributed by atoms with Gasteiger partial charge < -0.3 is 20.4 Å². The summed E-state index contributed by atoms with van der Waals surface area (Å²) in [6, 6.07) is 4.13. The number of piperidine rings is 1. The van der Waals surface area contributed by atoms with Gasteiger partial charge in [0.2, 0.25) is 0 Å². The van der Waals surface area contributed by atoms with Crippen molar-refractivity contribution in [3.63, 3.8) is 0 Å². The molecule has 2 amide bonds. The summed E-state index contributed by atoms with van der Waals surface area (Å²) in [6.45, 7) is 2.57. The zero-order valence-corrected chi connectivity index (χ0v) is 12.4. The number of aliphatic hydroxyl groups is 1. The van der Waals surface area contributed by atoms with Crippen molar-refractivity contribution in [2.75, 3.05) is 18.4 Å². The number of nitrogens with zero attached hydrogens (tertiary/aromatic N) is 1. The van der Waals surface area contributed by atoms with Gasteiger partial charge in [0.25, 0.3) is 0 Å². The fraction of sp³-hybridized carbons (Fsp3) is 0.429. The number of carbonyl (C=O) groups excluding carboxylic acids is 1. The quantitative estimate of drug-likeness (QED) is 0.782. The number of nitrogens with one attached hydrogen (secondary N) is 1. The molecule has 0 aromatic heterocycles. The van der Waals surface area contributed by atoms with Crippen LogP contribution in [-0.4, -0.2) is 45.8 Å². The van der Waals surface area contributed by atoms with Gasteiger partial charge in [-0.05, 0) is 31.9 Å². The Kier molecular flexibility index (Phi) is 4.39. The normalized spacial score (nSPS) is 17.4. The standard InChI is InChI=1S/C14H17ClN2O4/c1-14(21)5-7-17(8-6-14)13(20)16-10-4-2-3-9(15)11(10)12(18)19/h2-4,21H,5-8H2,1H3,(H,16,20)(H,18,19). The average molecular weight is 313 g/mol. The number of carboxylic acids is 1. The fourth-order valence-electron chi connectivity index (χ4n) is 2.23. The van der Waals surface area contributed by atoms with Crippen LogP contribution in [0.25, 0.3) is 0 Å². The Labute approximate surface area is 127 Å². The third-order valence-electron chi connectivity index (χ3n) is 3.60. The molecule has 1 aliphatic heterocycles. The zero-order valence-electron chi connectivity index (χ0n) is 11.6. The number of amides is 2. The topological polar surface area (TPSA) is 89.9 Å². The van der Waals surface area contributed by atoms with Crippen molar-refractivity contribution in [3.8, 4) is 0 Å². The highest BCUT2D eigenvalue weighted by atomic mass is 35.5. The van der Waals surface area contributed by atoms with E-state index in [4.69, 9.17) is 16.7 Å². The van der Waals surface area contributed by atoms with Crippen LogP contribution >= 0.6 is 11.6 Å². The molecule has 2 rings (SSSR count). The smallest absolute Gasteiger partial charge is 0.339 e. The van der Waals surface area contributed by atoms with Gasteiger partial charge in [-0.25, -0.2) is 9.59 Å². The minimum atomic E-state index is -1.20. The molecule has 21 heavy (non-hydrogen) atoms. The lowest BCUT2D eigenvalue weighted by atomic mass is 9.94. The van der Waals surface area contributed by atoms with Gasteiger partial charge >= 0.3 is 12.0 Å². The first-order chi connectivity index (χ1) is 9.80. The van der Waals surface area contributed by atoms with Crippen LogP contribution < -0.4 is 5.32 Å². The SMILES string of the molecule is CC1(O)CCN(C(=O)Nc2cccc(Cl)c2C(=O)O)CC1. The largest absolute Gasteiger partial charge is 0.478 e. The molecule has 0 unspecified atom stereocenters. The van der Waals surface area contributed by atoms with E-state index in [2.05, 4.69) is 5.32 Å². The lowest BCUT2D eigenvalue weighted by Crippen LogP contribution is -2.46. The van der Waals surface area contributed by atoms with E-state index >= 15 is 0 Å². The lowest BCUT2D eigenvalue weighted by Gasteiger charge is -2.35. The van der Waals surface area contributed by atoms with Gasteiger partial charge in [-0.15, -0.1) is 0 Å². The molecule has 3 N–H and O–H groups in total. The molecule has 0 bridgehead atoms. The molecule has 7 heteroatoms. The molecule has 114 valence electrons. The number of urea groups is 1. The molecular weight excluding hydrogens is 296 g/mol. The third kappa shape index (κ3) is 3.65. The monoisotopic (exact) mass is 312 g/mol. The van der Waals surface area contributed by atoms with Crippen LogP contribution in [-0.2, 0) is 0 Å². The Bertz CT molecular complexity index is 564. The number of halogens is 1. The van der Waals surface area contributed by atoms with E-state index in [1.54, 1.807) is 17.9 Å². The van der Waals surface area contributed by atoms with Crippen LogP contribution in [0.1, 0.15) is 30.1 Å². The number of carboxylic acid groups (broad SMARTS) is 1. The minimum Gasteiger partial charge on any atom is -0.478 e. The number of aromatic carboxylic acids is 1. The van der Waals surface area contributed by atoms with E-state index < -0.39 is 17.6 Å². The number of rotatable bonds is 2. The molecule has 0 aliphatic carbocycles. The van der Waals surface area contributed by atoms with Crippen LogP contribution in [0, 0.1) is 0 Å². The first kappa shape index (κ1) is 15.6. The highest BCUT2D eigenvalue weighted by Crippen LogP contribution is 2.26. The molecular formula is C14H17ClN2O4. The molecule has 0 saturated carbocycles. The minimum absolute atomic E-state index is 0.0712. The summed E-state index contributed by atoms with van der Waals surface area (Å²) in [5.74, 6) is -1.20. The fourth-order valence-corrected chi connectivity index (χ4v) is 2.49. The van der Waals surface area contributed by atoms with Gasteiger partial charge in [-0.1, -0.05) is 17.7 Å². The first-order valence-electron chi connectivity index (χ1n) is 6.60. The summed E-state index contributed by atoms with van der Waals surface area (Å²) in [5, 5.41) is 21.7. The molecule has 1 aromatic carbocycles. The van der Waals surface area contributed by atoms with Gasteiger partial charge in [0.05, 0.1) is 16.3 Å². The van der Waals surface area contributed by atoms with Gasteiger partial charge in [0, 0.05) is 13.1 Å². The van der Waals surface area contributed by atoms with E-state index in [1.807, 2.05) is 0 Å². The maximum absolute atomic E-state index is 12.2. The molecule has 6 nitrogen and oxygen atoms in total. The van der Waals surface area contributed by atoms with Crippen molar-refractivity contribution >= 4 is 29.3 Å². The van der Waals surface area contributed by atoms with Gasteiger partial charge in [-0.2, -0.15) is 0 Å². The van der Waals surface area contributed by atoms with Crippen molar-refractivity contribution < 1.29 is 19.8 Å². The predicted molar refractivity (Wildman–Crippen MR) is 78.9 cm³/mol. The molecule has 0 radical (unpaired) electrons. The Morgan fingerprint density at radius 1 is 1.33 bits per heavy atom. The summed E-state index contributed by atoms with van der Waals surface area (Å²) in [4.78, 5) is 24.9. The van der Waals surface area contributed by atoms with Gasteiger partial charge in [-0.3, -0.25) is 0 Å². The van der Waals surface area contributed by atoms with E-state index in [1.165, 1.54) is 12.1 Å². The van der Waals surface area contributed by atoms with Crippen LogP contribution in [0.15, 0.2) is 18.2 Å². The van der Waals surface area contributed by atoms with Gasteiger partial charge in [0.1, 0.15) is 5.56 Å². The van der Waals surface area contributed by atoms with E-state index in [9.17, 15) is 14.7 Å². The van der Waals surface area contributed by atoms with Crippen LogP contribution in [0.3, 0.4) is 0 Å². The summed E-state index contributed by atoms with van der Waals surface area (Å²) in [6.07, 6.45) is 0.976. The molecule has 1 aromatic rings. The number of benzene rings is 1. The molecule has 1 heterocycles. The van der Waals surface area contributed by atoms with Crippen molar-refractivity contribution in [1.29, 1.82) is 0 Å². The number of hydrogen-bond donors (Lipinski definition) is 3. The van der Waals surface area contributed by atoms with Crippen LogP contribution in [0.2, 0.25) is 5.02 Å². The number of carbonyl (C=O) groups is 2. The average Bonchev–Trinajstić information content (AvgIpc) is 2.38. The van der Waals surface area contributed by atoms with Crippen LogP contribution in [0.4, 0.5) is 10.5 Å².